The fourth-order valence-corrected chi connectivity index (χ4v) is 0.0913. The average Bonchev–Trinajstić information content (AvgIpc) is 1.76. The Morgan fingerprint density at radius 2 is 1.80 bits per heavy atom. The molecule has 0 aromatic heterocycles. The molecule has 1 aliphatic rings. The normalized spacial score (nSPS) is 30.0. The van der Waals surface area contributed by atoms with Gasteiger partial charge in [-0.15, -0.1) is 0 Å². The first-order valence-electron chi connectivity index (χ1n) is 1.61. The number of rotatable bonds is 0. The third-order valence-corrected chi connectivity index (χ3v) is 0.456. The van der Waals surface area contributed by atoms with E-state index in [2.05, 4.69) is 9.78 Å². The Hall–Kier alpha value is -0.0800. The molecule has 2 nitrogen and oxygen atoms in total. The van der Waals surface area contributed by atoms with Crippen molar-refractivity contribution in [2.45, 2.75) is 19.6 Å². The molecule has 1 heterocycles. The average molecular weight is 75.1 g/mol. The van der Waals surface area contributed by atoms with Crippen LogP contribution in [-0.2, 0) is 4.89 Å². The first-order valence-corrected chi connectivity index (χ1v) is 1.61. The molecule has 30 valence electrons. The summed E-state index contributed by atoms with van der Waals surface area (Å²) < 4.78 is 0. The topological polar surface area (TPSA) is 25.3 Å². The standard InChI is InChI=1S/C3H6O2/c1-3(2)4-5-3/h1-2H3/p+1. The molecule has 1 aliphatic heterocycles. The van der Waals surface area contributed by atoms with E-state index in [9.17, 15) is 0 Å². The molecule has 0 atom stereocenters. The van der Waals surface area contributed by atoms with E-state index >= 15 is 0 Å². The molecule has 0 spiro atoms. The lowest BCUT2D eigenvalue weighted by atomic mass is 10.4. The molecule has 1 N–H and O–H groups in total. The van der Waals surface area contributed by atoms with Gasteiger partial charge in [0.15, 0.2) is 0 Å². The first kappa shape index (κ1) is 3.12. The van der Waals surface area contributed by atoms with Crippen molar-refractivity contribution in [3.63, 3.8) is 0 Å². The van der Waals surface area contributed by atoms with Crippen molar-refractivity contribution in [2.75, 3.05) is 0 Å². The molecule has 0 bridgehead atoms. The van der Waals surface area contributed by atoms with Crippen LogP contribution in [0.2, 0.25) is 0 Å². The van der Waals surface area contributed by atoms with E-state index in [1.807, 2.05) is 13.8 Å². The number of aliphatic hydroxyl groups is 1. The van der Waals surface area contributed by atoms with Gasteiger partial charge in [-0.2, -0.15) is 0 Å². The highest BCUT2D eigenvalue weighted by molar-refractivity contribution is 4.51. The summed E-state index contributed by atoms with van der Waals surface area (Å²) in [7, 11) is 0. The maximum absolute atomic E-state index is 4.52. The molecule has 1 fully saturated rings. The van der Waals surface area contributed by atoms with E-state index in [-0.39, 0.29) is 5.79 Å². The highest BCUT2D eigenvalue weighted by Gasteiger charge is 2.47. The summed E-state index contributed by atoms with van der Waals surface area (Å²) in [6, 6.07) is 0. The molecule has 0 aromatic rings. The fourth-order valence-electron chi connectivity index (χ4n) is 0.0913. The second-order valence-corrected chi connectivity index (χ2v) is 1.63. The Kier molecular flexibility index (Phi) is 0.333. The van der Waals surface area contributed by atoms with Gasteiger partial charge in [-0.05, 0) is 4.89 Å². The van der Waals surface area contributed by atoms with Crippen LogP contribution < -0.4 is 0 Å². The van der Waals surface area contributed by atoms with E-state index in [1.165, 1.54) is 0 Å². The highest BCUT2D eigenvalue weighted by Crippen LogP contribution is 2.21. The molecule has 2 heteroatoms. The van der Waals surface area contributed by atoms with Gasteiger partial charge >= 0.3 is 5.79 Å². The van der Waals surface area contributed by atoms with Gasteiger partial charge < -0.3 is 0 Å². The Labute approximate surface area is 30.6 Å². The van der Waals surface area contributed by atoms with E-state index in [1.54, 1.807) is 0 Å². The van der Waals surface area contributed by atoms with Crippen LogP contribution in [0.15, 0.2) is 0 Å². The molecule has 5 heavy (non-hydrogen) atoms. The van der Waals surface area contributed by atoms with Crippen LogP contribution in [0.5, 0.6) is 0 Å². The van der Waals surface area contributed by atoms with Crippen LogP contribution in [0.3, 0.4) is 0 Å². The van der Waals surface area contributed by atoms with E-state index in [0.717, 1.165) is 0 Å². The summed E-state index contributed by atoms with van der Waals surface area (Å²) >= 11 is 0. The second kappa shape index (κ2) is 0.533. The van der Waals surface area contributed by atoms with Gasteiger partial charge in [0, 0.05) is 13.8 Å². The van der Waals surface area contributed by atoms with Crippen molar-refractivity contribution in [1.82, 2.24) is 0 Å². The van der Waals surface area contributed by atoms with Crippen molar-refractivity contribution >= 4 is 0 Å². The summed E-state index contributed by atoms with van der Waals surface area (Å²) in [5.41, 5.74) is 0. The van der Waals surface area contributed by atoms with Gasteiger partial charge in [0.05, 0.1) is 0 Å². The zero-order valence-electron chi connectivity index (χ0n) is 3.36. The van der Waals surface area contributed by atoms with Crippen molar-refractivity contribution in [2.24, 2.45) is 0 Å². The number of hydrogen-bond acceptors (Lipinski definition) is 1. The molecule has 0 amide bonds. The van der Waals surface area contributed by atoms with Crippen molar-refractivity contribution in [3.8, 4) is 0 Å². The Morgan fingerprint density at radius 3 is 1.80 bits per heavy atom. The first-order chi connectivity index (χ1) is 2.21. The monoisotopic (exact) mass is 75.0 g/mol. The van der Waals surface area contributed by atoms with Crippen molar-refractivity contribution in [3.05, 3.63) is 0 Å². The third kappa shape index (κ3) is 0.597. The maximum Gasteiger partial charge on any atom is 0.372 e. The predicted octanol–water partition coefficient (Wildman–Crippen LogP) is 0.196. The minimum atomic E-state index is -0.125. The smallest absolute Gasteiger partial charge is 0.209 e. The third-order valence-electron chi connectivity index (χ3n) is 0.456. The van der Waals surface area contributed by atoms with Gasteiger partial charge in [-0.3, -0.25) is 0 Å². The van der Waals surface area contributed by atoms with Gasteiger partial charge in [-0.25, -0.2) is 4.89 Å². The van der Waals surface area contributed by atoms with E-state index < -0.39 is 0 Å². The van der Waals surface area contributed by atoms with Crippen LogP contribution in [0.25, 0.3) is 0 Å². The molecule has 0 aromatic carbocycles. The SMILES string of the molecule is CC1(C)O[OH+]1. The molecule has 1 rings (SSSR count). The summed E-state index contributed by atoms with van der Waals surface area (Å²) in [6.07, 6.45) is 0. The van der Waals surface area contributed by atoms with Crippen molar-refractivity contribution in [1.29, 1.82) is 0 Å². The molecule has 0 radical (unpaired) electrons. The Balaban J connectivity index is 2.38. The molecule has 0 aliphatic carbocycles. The van der Waals surface area contributed by atoms with Crippen molar-refractivity contribution < 1.29 is 9.78 Å². The molecular weight excluding hydrogens is 68.0 g/mol. The van der Waals surface area contributed by atoms with Crippen LogP contribution in [0.1, 0.15) is 13.8 Å². The van der Waals surface area contributed by atoms with Crippen LogP contribution in [0.4, 0.5) is 0 Å². The summed E-state index contributed by atoms with van der Waals surface area (Å²) in [4.78, 5) is 8.06. The van der Waals surface area contributed by atoms with Gasteiger partial charge in [-0.1, -0.05) is 0 Å². The summed E-state index contributed by atoms with van der Waals surface area (Å²) in [5, 5.41) is 0. The maximum atomic E-state index is 4.52. The fraction of sp³-hybridized carbons (Fsp3) is 1.00. The lowest BCUT2D eigenvalue weighted by molar-refractivity contribution is -0.0622. The van der Waals surface area contributed by atoms with Gasteiger partial charge in [0.25, 0.3) is 0 Å². The summed E-state index contributed by atoms with van der Waals surface area (Å²) in [5.74, 6) is -0.125. The minimum Gasteiger partial charge on any atom is -0.209 e. The zero-order chi connectivity index (χ0) is 3.91. The van der Waals surface area contributed by atoms with Gasteiger partial charge in [0.2, 0.25) is 0 Å². The minimum absolute atomic E-state index is 0.125. The molecule has 0 saturated carbocycles. The van der Waals surface area contributed by atoms with E-state index in [4.69, 9.17) is 0 Å². The quantitative estimate of drug-likeness (QED) is 0.229. The van der Waals surface area contributed by atoms with Gasteiger partial charge in [0.1, 0.15) is 0 Å². The largest absolute Gasteiger partial charge is 0.372 e. The molecule has 1 saturated heterocycles. The molecular formula is C3H7O2+. The van der Waals surface area contributed by atoms with Crippen LogP contribution >= 0.6 is 0 Å². The lowest BCUT2D eigenvalue weighted by Crippen LogP contribution is -1.91. The Bertz CT molecular complexity index is 42.9. The predicted molar refractivity (Wildman–Crippen MR) is 17.4 cm³/mol. The van der Waals surface area contributed by atoms with Crippen LogP contribution in [0, 0.1) is 0 Å². The highest BCUT2D eigenvalue weighted by atomic mass is 17.4. The summed E-state index contributed by atoms with van der Waals surface area (Å²) in [6.45, 7) is 3.82. The Morgan fingerprint density at radius 1 is 1.60 bits per heavy atom. The van der Waals surface area contributed by atoms with Crippen LogP contribution in [-0.4, -0.2) is 10.7 Å². The second-order valence-electron chi connectivity index (χ2n) is 1.63. The molecule has 0 unspecified atom stereocenters. The zero-order valence-corrected chi connectivity index (χ0v) is 3.36. The lowest BCUT2D eigenvalue weighted by Gasteiger charge is -1.62. The van der Waals surface area contributed by atoms with E-state index in [0.29, 0.717) is 0 Å². The number of hydrogen-bond donors (Lipinski definition) is 0.